The second-order valence-electron chi connectivity index (χ2n) is 4.44. The third-order valence-electron chi connectivity index (χ3n) is 2.80. The summed E-state index contributed by atoms with van der Waals surface area (Å²) < 4.78 is 28.8. The third-order valence-corrected chi connectivity index (χ3v) is 4.96. The van der Waals surface area contributed by atoms with Crippen LogP contribution in [-0.2, 0) is 23.7 Å². The first-order valence-electron chi connectivity index (χ1n) is 5.86. The van der Waals surface area contributed by atoms with Crippen molar-refractivity contribution in [2.45, 2.75) is 18.4 Å². The van der Waals surface area contributed by atoms with Crippen molar-refractivity contribution in [2.75, 3.05) is 4.72 Å². The highest BCUT2D eigenvalue weighted by atomic mass is 35.5. The summed E-state index contributed by atoms with van der Waals surface area (Å²) in [7, 11) is -2.26. The summed E-state index contributed by atoms with van der Waals surface area (Å²) in [5.74, 6) is 0. The van der Waals surface area contributed by atoms with Gasteiger partial charge in [0.05, 0.1) is 23.0 Å². The molecule has 9 heteroatoms. The zero-order chi connectivity index (χ0) is 15.8. The monoisotopic (exact) mass is 349 g/mol. The first-order valence-corrected chi connectivity index (χ1v) is 8.10. The number of hydrogen-bond donors (Lipinski definition) is 2. The lowest BCUT2D eigenvalue weighted by atomic mass is 10.2. The van der Waals surface area contributed by atoms with Gasteiger partial charge >= 0.3 is 0 Å². The number of anilines is 1. The molecule has 0 radical (unpaired) electrons. The number of aryl methyl sites for hydroxylation is 2. The molecule has 0 aliphatic carbocycles. The Morgan fingerprint density at radius 2 is 2.05 bits per heavy atom. The topological polar surface area (TPSA) is 84.2 Å². The minimum absolute atomic E-state index is 0.0593. The van der Waals surface area contributed by atoms with Crippen LogP contribution in [0.25, 0.3) is 0 Å². The van der Waals surface area contributed by atoms with Gasteiger partial charge in [0.25, 0.3) is 10.0 Å². The van der Waals surface area contributed by atoms with Gasteiger partial charge in [0, 0.05) is 18.3 Å². The second kappa shape index (κ2) is 5.84. The largest absolute Gasteiger partial charge is 0.392 e. The van der Waals surface area contributed by atoms with Crippen molar-refractivity contribution >= 4 is 38.9 Å². The molecule has 1 aromatic heterocycles. The molecule has 0 spiro atoms. The second-order valence-corrected chi connectivity index (χ2v) is 6.91. The van der Waals surface area contributed by atoms with Gasteiger partial charge in [0.2, 0.25) is 0 Å². The van der Waals surface area contributed by atoms with Crippen molar-refractivity contribution in [3.63, 3.8) is 0 Å². The van der Waals surface area contributed by atoms with Gasteiger partial charge < -0.3 is 5.11 Å². The summed E-state index contributed by atoms with van der Waals surface area (Å²) in [5.41, 5.74) is 1.12. The molecule has 1 aromatic carbocycles. The minimum Gasteiger partial charge on any atom is -0.392 e. The molecule has 2 aromatic rings. The van der Waals surface area contributed by atoms with Crippen molar-refractivity contribution < 1.29 is 13.5 Å². The maximum absolute atomic E-state index is 12.4. The summed E-state index contributed by atoms with van der Waals surface area (Å²) in [4.78, 5) is -0.191. The van der Waals surface area contributed by atoms with E-state index in [1.807, 2.05) is 0 Å². The average molecular weight is 350 g/mol. The molecule has 21 heavy (non-hydrogen) atoms. The quantitative estimate of drug-likeness (QED) is 0.886. The van der Waals surface area contributed by atoms with E-state index >= 15 is 0 Å². The van der Waals surface area contributed by atoms with E-state index in [-0.39, 0.29) is 20.5 Å². The summed E-state index contributed by atoms with van der Waals surface area (Å²) in [6, 6.07) is 2.65. The Labute approximate surface area is 132 Å². The number of aliphatic hydroxyl groups excluding tert-OH is 1. The molecule has 6 nitrogen and oxygen atoms in total. The number of aliphatic hydroxyl groups is 1. The van der Waals surface area contributed by atoms with E-state index in [1.165, 1.54) is 23.0 Å². The number of benzene rings is 1. The highest BCUT2D eigenvalue weighted by Gasteiger charge is 2.22. The number of hydrogen-bond acceptors (Lipinski definition) is 4. The first kappa shape index (κ1) is 16.1. The normalized spacial score (nSPS) is 11.7. The molecule has 0 unspecified atom stereocenters. The van der Waals surface area contributed by atoms with E-state index < -0.39 is 16.6 Å². The fraction of sp³-hybridized carbons (Fsp3) is 0.250. The fourth-order valence-corrected chi connectivity index (χ4v) is 3.86. The minimum atomic E-state index is -3.94. The molecular formula is C12H13Cl2N3O3S. The molecule has 0 saturated heterocycles. The van der Waals surface area contributed by atoms with Crippen LogP contribution in [0.2, 0.25) is 10.0 Å². The molecule has 1 heterocycles. The molecule has 2 N–H and O–H groups in total. The van der Waals surface area contributed by atoms with Crippen molar-refractivity contribution in [3.05, 3.63) is 39.6 Å². The molecule has 2 rings (SSSR count). The van der Waals surface area contributed by atoms with Crippen LogP contribution in [0.3, 0.4) is 0 Å². The van der Waals surface area contributed by atoms with E-state index in [2.05, 4.69) is 9.82 Å². The Bertz CT molecular complexity index is 787. The van der Waals surface area contributed by atoms with Crippen LogP contribution in [-0.4, -0.2) is 23.3 Å². The van der Waals surface area contributed by atoms with Gasteiger partial charge in [-0.1, -0.05) is 23.2 Å². The van der Waals surface area contributed by atoms with Gasteiger partial charge in [0.1, 0.15) is 4.90 Å². The molecule has 0 bridgehead atoms. The molecule has 0 atom stereocenters. The SMILES string of the molecule is Cc1nn(C)cc1NS(=O)(=O)c1cc(Cl)cc(CO)c1Cl. The highest BCUT2D eigenvalue weighted by Crippen LogP contribution is 2.31. The van der Waals surface area contributed by atoms with Crippen molar-refractivity contribution in [1.29, 1.82) is 0 Å². The zero-order valence-electron chi connectivity index (χ0n) is 11.3. The van der Waals surface area contributed by atoms with Crippen LogP contribution >= 0.6 is 23.2 Å². The fourth-order valence-electron chi connectivity index (χ4n) is 1.83. The van der Waals surface area contributed by atoms with Crippen LogP contribution in [0.4, 0.5) is 5.69 Å². The van der Waals surface area contributed by atoms with Crippen LogP contribution in [0.1, 0.15) is 11.3 Å². The maximum atomic E-state index is 12.4. The average Bonchev–Trinajstić information content (AvgIpc) is 2.69. The zero-order valence-corrected chi connectivity index (χ0v) is 13.6. The molecule has 0 aliphatic heterocycles. The van der Waals surface area contributed by atoms with E-state index in [9.17, 15) is 13.5 Å². The summed E-state index contributed by atoms with van der Waals surface area (Å²) in [5, 5.41) is 13.4. The Kier molecular flexibility index (Phi) is 4.48. The number of sulfonamides is 1. The predicted octanol–water partition coefficient (Wildman–Crippen LogP) is 2.33. The number of halogens is 2. The van der Waals surface area contributed by atoms with Crippen molar-refractivity contribution in [1.82, 2.24) is 9.78 Å². The number of nitrogens with zero attached hydrogens (tertiary/aromatic N) is 2. The molecule has 0 saturated carbocycles. The molecule has 0 amide bonds. The smallest absolute Gasteiger partial charge is 0.263 e. The van der Waals surface area contributed by atoms with Crippen LogP contribution in [0.15, 0.2) is 23.2 Å². The maximum Gasteiger partial charge on any atom is 0.263 e. The van der Waals surface area contributed by atoms with Crippen LogP contribution in [0, 0.1) is 6.92 Å². The van der Waals surface area contributed by atoms with E-state index in [0.717, 1.165) is 0 Å². The molecule has 0 aliphatic rings. The summed E-state index contributed by atoms with van der Waals surface area (Å²) >= 11 is 11.9. The lowest BCUT2D eigenvalue weighted by Crippen LogP contribution is -2.14. The molecular weight excluding hydrogens is 337 g/mol. The lowest BCUT2D eigenvalue weighted by molar-refractivity contribution is 0.281. The Morgan fingerprint density at radius 3 is 2.57 bits per heavy atom. The van der Waals surface area contributed by atoms with Crippen LogP contribution < -0.4 is 4.72 Å². The number of aromatic nitrogens is 2. The Hall–Kier alpha value is -1.28. The summed E-state index contributed by atoms with van der Waals surface area (Å²) in [6.45, 7) is 1.27. The van der Waals surface area contributed by atoms with Gasteiger partial charge in [-0.25, -0.2) is 8.42 Å². The van der Waals surface area contributed by atoms with Gasteiger partial charge in [-0.15, -0.1) is 0 Å². The number of nitrogens with one attached hydrogen (secondary N) is 1. The van der Waals surface area contributed by atoms with Crippen molar-refractivity contribution in [3.8, 4) is 0 Å². The number of rotatable bonds is 4. The van der Waals surface area contributed by atoms with E-state index in [4.69, 9.17) is 23.2 Å². The highest BCUT2D eigenvalue weighted by molar-refractivity contribution is 7.92. The molecule has 0 fully saturated rings. The van der Waals surface area contributed by atoms with E-state index in [1.54, 1.807) is 14.0 Å². The third kappa shape index (κ3) is 3.32. The van der Waals surface area contributed by atoms with Gasteiger partial charge in [-0.3, -0.25) is 9.40 Å². The predicted molar refractivity (Wildman–Crippen MR) is 81.1 cm³/mol. The standard InChI is InChI=1S/C12H13Cl2N3O3S/c1-7-10(5-17(2)15-7)16-21(19,20)11-4-9(13)3-8(6-18)12(11)14/h3-5,16,18H,6H2,1-2H3. The van der Waals surface area contributed by atoms with Gasteiger partial charge in [0.15, 0.2) is 0 Å². The first-order chi connectivity index (χ1) is 9.74. The van der Waals surface area contributed by atoms with Crippen LogP contribution in [0.5, 0.6) is 0 Å². The molecule has 114 valence electrons. The lowest BCUT2D eigenvalue weighted by Gasteiger charge is -2.11. The van der Waals surface area contributed by atoms with Crippen molar-refractivity contribution in [2.24, 2.45) is 7.05 Å². The Morgan fingerprint density at radius 1 is 1.38 bits per heavy atom. The van der Waals surface area contributed by atoms with Gasteiger partial charge in [-0.05, 0) is 24.6 Å². The summed E-state index contributed by atoms with van der Waals surface area (Å²) in [6.07, 6.45) is 1.54. The van der Waals surface area contributed by atoms with E-state index in [0.29, 0.717) is 11.4 Å². The van der Waals surface area contributed by atoms with Gasteiger partial charge in [-0.2, -0.15) is 5.10 Å². The Balaban J connectivity index is 2.49.